The molecule has 2 aromatic carbocycles. The maximum atomic E-state index is 11.3. The Kier molecular flexibility index (Phi) is 3.43. The molecule has 0 fully saturated rings. The monoisotopic (exact) mass is 243 g/mol. The van der Waals surface area contributed by atoms with Crippen LogP contribution in [-0.2, 0) is 4.74 Å². The molecule has 0 saturated heterocycles. The van der Waals surface area contributed by atoms with Gasteiger partial charge >= 0.3 is 6.09 Å². The molecule has 92 valence electrons. The Morgan fingerprint density at radius 1 is 1.39 bits per heavy atom. The Morgan fingerprint density at radius 2 is 2.22 bits per heavy atom. The molecule has 1 amide bonds. The third-order valence-electron chi connectivity index (χ3n) is 2.55. The van der Waals surface area contributed by atoms with Crippen molar-refractivity contribution < 1.29 is 9.53 Å². The highest BCUT2D eigenvalue weighted by Gasteiger charge is 2.05. The van der Waals surface area contributed by atoms with Crippen molar-refractivity contribution in [3.05, 3.63) is 42.0 Å². The van der Waals surface area contributed by atoms with Crippen molar-refractivity contribution in [3.8, 4) is 0 Å². The second kappa shape index (κ2) is 5.18. The number of amides is 1. The third kappa shape index (κ3) is 2.40. The van der Waals surface area contributed by atoms with Crippen LogP contribution >= 0.6 is 0 Å². The van der Waals surface area contributed by atoms with Crippen molar-refractivity contribution in [1.82, 2.24) is 0 Å². The molecule has 3 N–H and O–H groups in total. The molecule has 0 radical (unpaired) electrons. The van der Waals surface area contributed by atoms with E-state index in [1.165, 1.54) is 7.11 Å². The molecular formula is C13H13N3O2. The van der Waals surface area contributed by atoms with E-state index in [1.807, 2.05) is 36.4 Å². The van der Waals surface area contributed by atoms with E-state index in [2.05, 4.69) is 15.2 Å². The van der Waals surface area contributed by atoms with Crippen LogP contribution in [0.3, 0.4) is 0 Å². The Labute approximate surface area is 104 Å². The Hall–Kier alpha value is -2.56. The SMILES string of the molecule is COC(=O)Nc1cccc2ccc(C=NN)cc12. The number of hydrazone groups is 1. The lowest BCUT2D eigenvalue weighted by molar-refractivity contribution is 0.187. The van der Waals surface area contributed by atoms with E-state index in [9.17, 15) is 4.79 Å². The van der Waals surface area contributed by atoms with Crippen LogP contribution in [0.15, 0.2) is 41.5 Å². The highest BCUT2D eigenvalue weighted by Crippen LogP contribution is 2.24. The number of nitrogens with zero attached hydrogens (tertiary/aromatic N) is 1. The minimum atomic E-state index is -0.500. The van der Waals surface area contributed by atoms with Gasteiger partial charge in [-0.2, -0.15) is 5.10 Å². The number of fused-ring (bicyclic) bond motifs is 1. The van der Waals surface area contributed by atoms with E-state index in [-0.39, 0.29) is 0 Å². The molecule has 0 aliphatic rings. The van der Waals surface area contributed by atoms with Crippen LogP contribution in [0.25, 0.3) is 10.8 Å². The zero-order valence-electron chi connectivity index (χ0n) is 9.88. The summed E-state index contributed by atoms with van der Waals surface area (Å²) in [6, 6.07) is 11.4. The summed E-state index contributed by atoms with van der Waals surface area (Å²) in [7, 11) is 1.33. The van der Waals surface area contributed by atoms with Crippen LogP contribution in [0.2, 0.25) is 0 Å². The lowest BCUT2D eigenvalue weighted by Gasteiger charge is -2.08. The molecule has 0 bridgehead atoms. The quantitative estimate of drug-likeness (QED) is 0.482. The predicted octanol–water partition coefficient (Wildman–Crippen LogP) is 2.31. The maximum absolute atomic E-state index is 11.3. The van der Waals surface area contributed by atoms with Gasteiger partial charge in [-0.1, -0.05) is 24.3 Å². The first-order valence-electron chi connectivity index (χ1n) is 5.35. The standard InChI is InChI=1S/C13H13N3O2/c1-18-13(17)16-12-4-2-3-10-6-5-9(8-15-14)7-11(10)12/h2-8H,14H2,1H3,(H,16,17). The molecule has 2 aromatic rings. The zero-order chi connectivity index (χ0) is 13.0. The first kappa shape index (κ1) is 11.9. The average Bonchev–Trinajstić information content (AvgIpc) is 2.39. The number of nitrogens with two attached hydrogens (primary N) is 1. The van der Waals surface area contributed by atoms with E-state index in [1.54, 1.807) is 6.21 Å². The molecule has 0 atom stereocenters. The number of hydrogen-bond donors (Lipinski definition) is 2. The van der Waals surface area contributed by atoms with Gasteiger partial charge in [-0.3, -0.25) is 5.32 Å². The summed E-state index contributed by atoms with van der Waals surface area (Å²) in [5.41, 5.74) is 1.55. The predicted molar refractivity (Wildman–Crippen MR) is 71.8 cm³/mol. The van der Waals surface area contributed by atoms with E-state index in [0.717, 1.165) is 16.3 Å². The molecular weight excluding hydrogens is 230 g/mol. The van der Waals surface area contributed by atoms with Gasteiger partial charge in [0.15, 0.2) is 0 Å². The van der Waals surface area contributed by atoms with Crippen molar-refractivity contribution in [3.63, 3.8) is 0 Å². The van der Waals surface area contributed by atoms with E-state index >= 15 is 0 Å². The van der Waals surface area contributed by atoms with Crippen molar-refractivity contribution in [2.24, 2.45) is 10.9 Å². The van der Waals surface area contributed by atoms with E-state index in [0.29, 0.717) is 5.69 Å². The van der Waals surface area contributed by atoms with Crippen LogP contribution in [-0.4, -0.2) is 19.4 Å². The fourth-order valence-electron chi connectivity index (χ4n) is 1.73. The number of carbonyl (C=O) groups excluding carboxylic acids is 1. The average molecular weight is 243 g/mol. The molecule has 0 saturated carbocycles. The van der Waals surface area contributed by atoms with Crippen LogP contribution in [0, 0.1) is 0 Å². The number of ether oxygens (including phenoxy) is 1. The van der Waals surface area contributed by atoms with Gasteiger partial charge < -0.3 is 10.6 Å². The largest absolute Gasteiger partial charge is 0.453 e. The van der Waals surface area contributed by atoms with Crippen LogP contribution in [0.5, 0.6) is 0 Å². The molecule has 0 unspecified atom stereocenters. The van der Waals surface area contributed by atoms with Crippen molar-refractivity contribution in [2.45, 2.75) is 0 Å². The lowest BCUT2D eigenvalue weighted by Crippen LogP contribution is -2.11. The first-order valence-corrected chi connectivity index (χ1v) is 5.35. The van der Waals surface area contributed by atoms with Crippen LogP contribution in [0.1, 0.15) is 5.56 Å². The van der Waals surface area contributed by atoms with E-state index < -0.39 is 6.09 Å². The second-order valence-electron chi connectivity index (χ2n) is 3.68. The number of anilines is 1. The first-order chi connectivity index (χ1) is 8.74. The third-order valence-corrected chi connectivity index (χ3v) is 2.55. The topological polar surface area (TPSA) is 76.7 Å². The summed E-state index contributed by atoms with van der Waals surface area (Å²) in [6.07, 6.45) is 1.05. The molecule has 5 heteroatoms. The smallest absolute Gasteiger partial charge is 0.411 e. The molecule has 0 aliphatic heterocycles. The van der Waals surface area contributed by atoms with Crippen LogP contribution in [0.4, 0.5) is 10.5 Å². The highest BCUT2D eigenvalue weighted by molar-refractivity contribution is 6.02. The van der Waals surface area contributed by atoms with Gasteiger partial charge in [0.05, 0.1) is 19.0 Å². The Balaban J connectivity index is 2.51. The van der Waals surface area contributed by atoms with E-state index in [4.69, 9.17) is 5.84 Å². The second-order valence-corrected chi connectivity index (χ2v) is 3.68. The van der Waals surface area contributed by atoms with Gasteiger partial charge in [-0.15, -0.1) is 0 Å². The van der Waals surface area contributed by atoms with Crippen molar-refractivity contribution in [2.75, 3.05) is 12.4 Å². The number of rotatable bonds is 2. The number of benzene rings is 2. The summed E-state index contributed by atoms with van der Waals surface area (Å²) >= 11 is 0. The number of nitrogens with one attached hydrogen (secondary N) is 1. The van der Waals surface area contributed by atoms with Gasteiger partial charge in [0.2, 0.25) is 0 Å². The number of methoxy groups -OCH3 is 1. The van der Waals surface area contributed by atoms with Gasteiger partial charge in [-0.25, -0.2) is 4.79 Å². The molecule has 2 rings (SSSR count). The summed E-state index contributed by atoms with van der Waals surface area (Å²) < 4.78 is 4.58. The summed E-state index contributed by atoms with van der Waals surface area (Å²) in [6.45, 7) is 0. The highest BCUT2D eigenvalue weighted by atomic mass is 16.5. The molecule has 0 spiro atoms. The lowest BCUT2D eigenvalue weighted by atomic mass is 10.1. The fourth-order valence-corrected chi connectivity index (χ4v) is 1.73. The maximum Gasteiger partial charge on any atom is 0.411 e. The molecule has 0 aromatic heterocycles. The van der Waals surface area contributed by atoms with Gasteiger partial charge in [0, 0.05) is 5.39 Å². The van der Waals surface area contributed by atoms with Crippen LogP contribution < -0.4 is 11.2 Å². The number of carbonyl (C=O) groups is 1. The van der Waals surface area contributed by atoms with Crippen molar-refractivity contribution in [1.29, 1.82) is 0 Å². The molecule has 0 heterocycles. The Bertz CT molecular complexity index is 608. The summed E-state index contributed by atoms with van der Waals surface area (Å²) in [4.78, 5) is 11.3. The molecule has 18 heavy (non-hydrogen) atoms. The van der Waals surface area contributed by atoms with Crippen molar-refractivity contribution >= 4 is 28.8 Å². The summed E-state index contributed by atoms with van der Waals surface area (Å²) in [5, 5.41) is 8.06. The Morgan fingerprint density at radius 3 is 2.94 bits per heavy atom. The fraction of sp³-hybridized carbons (Fsp3) is 0.0769. The minimum absolute atomic E-state index is 0.500. The minimum Gasteiger partial charge on any atom is -0.453 e. The molecule has 5 nitrogen and oxygen atoms in total. The summed E-state index contributed by atoms with van der Waals surface area (Å²) in [5.74, 6) is 5.12. The molecule has 0 aliphatic carbocycles. The van der Waals surface area contributed by atoms with Gasteiger partial charge in [0.25, 0.3) is 0 Å². The van der Waals surface area contributed by atoms with Gasteiger partial charge in [0.1, 0.15) is 0 Å². The normalized spacial score (nSPS) is 10.7. The number of hydrogen-bond acceptors (Lipinski definition) is 4. The zero-order valence-corrected chi connectivity index (χ0v) is 9.88. The van der Waals surface area contributed by atoms with Gasteiger partial charge in [-0.05, 0) is 23.1 Å².